The lowest BCUT2D eigenvalue weighted by Crippen LogP contribution is -2.33. The van der Waals surface area contributed by atoms with Gasteiger partial charge in [0.05, 0.1) is 11.5 Å². The van der Waals surface area contributed by atoms with Crippen LogP contribution in [0.3, 0.4) is 0 Å². The van der Waals surface area contributed by atoms with Crippen LogP contribution in [0.25, 0.3) is 0 Å². The van der Waals surface area contributed by atoms with Crippen LogP contribution in [0.4, 0.5) is 5.82 Å². The van der Waals surface area contributed by atoms with Crippen molar-refractivity contribution in [1.82, 2.24) is 9.97 Å². The summed E-state index contributed by atoms with van der Waals surface area (Å²) in [5.74, 6) is 1.85. The van der Waals surface area contributed by atoms with E-state index in [2.05, 4.69) is 16.9 Å². The normalized spacial score (nSPS) is 21.5. The van der Waals surface area contributed by atoms with Crippen molar-refractivity contribution in [2.24, 2.45) is 0 Å². The van der Waals surface area contributed by atoms with Crippen molar-refractivity contribution >= 4 is 27.3 Å². The number of aromatic nitrogens is 2. The molecule has 1 unspecified atom stereocenters. The summed E-state index contributed by atoms with van der Waals surface area (Å²) >= 11 is 6.00. The summed E-state index contributed by atoms with van der Waals surface area (Å²) in [5.41, 5.74) is 0. The monoisotopic (exact) mass is 303 g/mol. The number of nitrogens with zero attached hydrogens (tertiary/aromatic N) is 3. The molecule has 1 saturated heterocycles. The number of hydrogen-bond acceptors (Lipinski definition) is 5. The molecule has 0 saturated carbocycles. The minimum atomic E-state index is -2.90. The summed E-state index contributed by atoms with van der Waals surface area (Å²) < 4.78 is 23.1. The summed E-state index contributed by atoms with van der Waals surface area (Å²) in [4.78, 5) is 10.5. The Balaban J connectivity index is 2.21. The lowest BCUT2D eigenvalue weighted by molar-refractivity contribution is 0.600. The molecule has 1 aliphatic heterocycles. The molecule has 7 heteroatoms. The van der Waals surface area contributed by atoms with Gasteiger partial charge in [-0.25, -0.2) is 18.4 Å². The summed E-state index contributed by atoms with van der Waals surface area (Å²) in [6.45, 7) is 2.05. The fraction of sp³-hybridized carbons (Fsp3) is 0.667. The minimum absolute atomic E-state index is 0.0227. The van der Waals surface area contributed by atoms with Crippen LogP contribution < -0.4 is 4.90 Å². The number of sulfone groups is 1. The van der Waals surface area contributed by atoms with Crippen molar-refractivity contribution in [3.8, 4) is 0 Å². The molecule has 5 nitrogen and oxygen atoms in total. The van der Waals surface area contributed by atoms with Crippen molar-refractivity contribution in [2.75, 3.05) is 23.5 Å². The Hall–Kier alpha value is -0.880. The highest BCUT2D eigenvalue weighted by Crippen LogP contribution is 2.23. The van der Waals surface area contributed by atoms with Crippen molar-refractivity contribution < 1.29 is 8.42 Å². The van der Waals surface area contributed by atoms with Crippen LogP contribution >= 0.6 is 11.6 Å². The summed E-state index contributed by atoms with van der Waals surface area (Å²) in [7, 11) is -1.04. The van der Waals surface area contributed by atoms with Gasteiger partial charge < -0.3 is 4.90 Å². The van der Waals surface area contributed by atoms with Crippen LogP contribution in [0.15, 0.2) is 6.07 Å². The van der Waals surface area contributed by atoms with E-state index in [0.29, 0.717) is 23.2 Å². The topological polar surface area (TPSA) is 63.2 Å². The van der Waals surface area contributed by atoms with Crippen LogP contribution in [0.5, 0.6) is 0 Å². The Morgan fingerprint density at radius 2 is 2.21 bits per heavy atom. The van der Waals surface area contributed by atoms with E-state index in [1.165, 1.54) is 0 Å². The van der Waals surface area contributed by atoms with E-state index < -0.39 is 9.84 Å². The fourth-order valence-electron chi connectivity index (χ4n) is 2.24. The van der Waals surface area contributed by atoms with Gasteiger partial charge in [-0.15, -0.1) is 0 Å². The number of hydrogen-bond donors (Lipinski definition) is 0. The van der Waals surface area contributed by atoms with E-state index in [4.69, 9.17) is 11.6 Å². The zero-order valence-electron chi connectivity index (χ0n) is 11.1. The first-order chi connectivity index (χ1) is 8.91. The molecule has 2 heterocycles. The van der Waals surface area contributed by atoms with Gasteiger partial charge in [0.25, 0.3) is 0 Å². The minimum Gasteiger partial charge on any atom is -0.355 e. The van der Waals surface area contributed by atoms with Gasteiger partial charge in [0.1, 0.15) is 16.8 Å². The van der Waals surface area contributed by atoms with E-state index in [1.54, 1.807) is 6.07 Å². The number of anilines is 1. The maximum Gasteiger partial charge on any atom is 0.152 e. The third-order valence-corrected chi connectivity index (χ3v) is 5.26. The molecule has 1 aromatic rings. The van der Waals surface area contributed by atoms with Gasteiger partial charge >= 0.3 is 0 Å². The third-order valence-electron chi connectivity index (χ3n) is 3.32. The average molecular weight is 304 g/mol. The molecule has 1 atom stereocenters. The van der Waals surface area contributed by atoms with E-state index in [0.717, 1.165) is 12.8 Å². The third kappa shape index (κ3) is 3.57. The fourth-order valence-corrected chi connectivity index (χ4v) is 4.21. The molecule has 0 amide bonds. The number of aryl methyl sites for hydroxylation is 1. The van der Waals surface area contributed by atoms with Gasteiger partial charge in [0.15, 0.2) is 9.84 Å². The van der Waals surface area contributed by atoms with E-state index in [-0.39, 0.29) is 17.5 Å². The molecule has 106 valence electrons. The molecule has 0 radical (unpaired) electrons. The predicted molar refractivity (Wildman–Crippen MR) is 76.5 cm³/mol. The highest BCUT2D eigenvalue weighted by molar-refractivity contribution is 7.91. The van der Waals surface area contributed by atoms with Gasteiger partial charge in [0, 0.05) is 25.6 Å². The van der Waals surface area contributed by atoms with Crippen LogP contribution in [0.2, 0.25) is 5.15 Å². The largest absolute Gasteiger partial charge is 0.355 e. The van der Waals surface area contributed by atoms with E-state index >= 15 is 0 Å². The lowest BCUT2D eigenvalue weighted by Gasteiger charge is -2.24. The van der Waals surface area contributed by atoms with Crippen LogP contribution in [0, 0.1) is 0 Å². The number of halogens is 1. The Labute approximate surface area is 118 Å². The van der Waals surface area contributed by atoms with Gasteiger partial charge in [-0.05, 0) is 12.8 Å². The molecule has 0 spiro atoms. The van der Waals surface area contributed by atoms with Crippen LogP contribution in [0.1, 0.15) is 25.6 Å². The molecule has 0 N–H and O–H groups in total. The summed E-state index contributed by atoms with van der Waals surface area (Å²) in [5, 5.41) is 0.404. The summed E-state index contributed by atoms with van der Waals surface area (Å²) in [6.07, 6.45) is 2.36. The van der Waals surface area contributed by atoms with Crippen LogP contribution in [-0.2, 0) is 16.3 Å². The SMILES string of the molecule is CCCc1nc(Cl)cc(N(C)C2CCS(=O)(=O)C2)n1. The summed E-state index contributed by atoms with van der Waals surface area (Å²) in [6, 6.07) is 1.66. The first kappa shape index (κ1) is 14.5. The van der Waals surface area contributed by atoms with Crippen LogP contribution in [-0.4, -0.2) is 43.0 Å². The van der Waals surface area contributed by atoms with Crippen molar-refractivity contribution in [3.05, 3.63) is 17.0 Å². The Kier molecular flexibility index (Phi) is 4.30. The second-order valence-electron chi connectivity index (χ2n) is 4.88. The van der Waals surface area contributed by atoms with Crippen molar-refractivity contribution in [2.45, 2.75) is 32.2 Å². The second-order valence-corrected chi connectivity index (χ2v) is 7.50. The van der Waals surface area contributed by atoms with Gasteiger partial charge in [-0.3, -0.25) is 0 Å². The molecule has 1 aromatic heterocycles. The van der Waals surface area contributed by atoms with E-state index in [9.17, 15) is 8.42 Å². The molecule has 0 bridgehead atoms. The Morgan fingerprint density at radius 1 is 1.47 bits per heavy atom. The van der Waals surface area contributed by atoms with Crippen molar-refractivity contribution in [1.29, 1.82) is 0 Å². The highest BCUT2D eigenvalue weighted by atomic mass is 35.5. The van der Waals surface area contributed by atoms with Gasteiger partial charge in [-0.1, -0.05) is 18.5 Å². The molecule has 2 rings (SSSR count). The quantitative estimate of drug-likeness (QED) is 0.792. The average Bonchev–Trinajstić information content (AvgIpc) is 2.68. The number of rotatable bonds is 4. The molecular formula is C12H18ClN3O2S. The second kappa shape index (κ2) is 5.63. The zero-order valence-corrected chi connectivity index (χ0v) is 12.7. The van der Waals surface area contributed by atoms with E-state index in [1.807, 2.05) is 11.9 Å². The predicted octanol–water partition coefficient (Wildman–Crippen LogP) is 1.71. The zero-order chi connectivity index (χ0) is 14.0. The highest BCUT2D eigenvalue weighted by Gasteiger charge is 2.31. The standard InChI is InChI=1S/C12H18ClN3O2S/c1-3-4-11-14-10(13)7-12(15-11)16(2)9-5-6-19(17,18)8-9/h7,9H,3-6,8H2,1-2H3. The first-order valence-electron chi connectivity index (χ1n) is 6.38. The first-order valence-corrected chi connectivity index (χ1v) is 8.58. The maximum absolute atomic E-state index is 11.5. The molecular weight excluding hydrogens is 286 g/mol. The van der Waals surface area contributed by atoms with Gasteiger partial charge in [0.2, 0.25) is 0 Å². The maximum atomic E-state index is 11.5. The Morgan fingerprint density at radius 3 is 2.79 bits per heavy atom. The molecule has 1 fully saturated rings. The smallest absolute Gasteiger partial charge is 0.152 e. The van der Waals surface area contributed by atoms with Gasteiger partial charge in [-0.2, -0.15) is 0 Å². The molecule has 0 aromatic carbocycles. The lowest BCUT2D eigenvalue weighted by atomic mass is 10.2. The molecule has 1 aliphatic rings. The molecule has 0 aliphatic carbocycles. The Bertz CT molecular complexity index is 562. The molecule has 19 heavy (non-hydrogen) atoms. The van der Waals surface area contributed by atoms with Crippen molar-refractivity contribution in [3.63, 3.8) is 0 Å².